The van der Waals surface area contributed by atoms with E-state index in [-0.39, 0.29) is 6.10 Å². The zero-order chi connectivity index (χ0) is 7.56. The normalized spacial score (nSPS) is 28.5. The monoisotopic (exact) mass is 143 g/mol. The maximum absolute atomic E-state index is 9.18. The second-order valence-electron chi connectivity index (χ2n) is 2.92. The van der Waals surface area contributed by atoms with Crippen LogP contribution in [0.3, 0.4) is 0 Å². The summed E-state index contributed by atoms with van der Waals surface area (Å²) in [5.74, 6) is 0. The molecule has 0 unspecified atom stereocenters. The van der Waals surface area contributed by atoms with Crippen molar-refractivity contribution in [1.29, 1.82) is 0 Å². The van der Waals surface area contributed by atoms with Crippen LogP contribution in [0.1, 0.15) is 12.8 Å². The Morgan fingerprint density at radius 1 is 1.60 bits per heavy atom. The van der Waals surface area contributed by atoms with Crippen molar-refractivity contribution >= 4 is 7.05 Å². The Labute approximate surface area is 61.8 Å². The standard InChI is InChI=1S/C6H14BNO2/c1-7(10)8-4-2-3-6(9)5-8/h6,9-10H,2-5H2,1H3/t6-/m1/s1. The van der Waals surface area contributed by atoms with E-state index >= 15 is 0 Å². The maximum atomic E-state index is 9.18. The van der Waals surface area contributed by atoms with E-state index in [2.05, 4.69) is 0 Å². The van der Waals surface area contributed by atoms with Crippen LogP contribution in [0.15, 0.2) is 0 Å². The molecule has 10 heavy (non-hydrogen) atoms. The molecule has 0 aromatic heterocycles. The molecule has 0 aromatic carbocycles. The molecule has 0 amide bonds. The minimum absolute atomic E-state index is 0.233. The molecule has 1 aliphatic rings. The SMILES string of the molecule is CB(O)N1CCC[C@@H](O)C1. The van der Waals surface area contributed by atoms with Gasteiger partial charge in [0.25, 0.3) is 0 Å². The van der Waals surface area contributed by atoms with Gasteiger partial charge in [-0.15, -0.1) is 0 Å². The third-order valence-corrected chi connectivity index (χ3v) is 1.96. The molecule has 1 fully saturated rings. The first-order valence-electron chi connectivity index (χ1n) is 3.80. The number of nitrogens with zero attached hydrogens (tertiary/aromatic N) is 1. The third-order valence-electron chi connectivity index (χ3n) is 1.96. The van der Waals surface area contributed by atoms with E-state index in [1.54, 1.807) is 6.82 Å². The lowest BCUT2D eigenvalue weighted by molar-refractivity contribution is 0.100. The van der Waals surface area contributed by atoms with Crippen molar-refractivity contribution in [1.82, 2.24) is 4.81 Å². The second-order valence-corrected chi connectivity index (χ2v) is 2.92. The first kappa shape index (κ1) is 8.05. The third kappa shape index (κ3) is 1.97. The molecule has 0 spiro atoms. The van der Waals surface area contributed by atoms with Gasteiger partial charge in [-0.2, -0.15) is 0 Å². The Kier molecular flexibility index (Phi) is 2.71. The quantitative estimate of drug-likeness (QED) is 0.488. The van der Waals surface area contributed by atoms with Crippen molar-refractivity contribution < 1.29 is 10.1 Å². The average molecular weight is 143 g/mol. The summed E-state index contributed by atoms with van der Waals surface area (Å²) in [5, 5.41) is 18.3. The topological polar surface area (TPSA) is 43.7 Å². The first-order chi connectivity index (χ1) is 4.70. The summed E-state index contributed by atoms with van der Waals surface area (Å²) in [6.45, 7) is 3.27. The van der Waals surface area contributed by atoms with Crippen LogP contribution in [0, 0.1) is 0 Å². The molecule has 1 heterocycles. The Morgan fingerprint density at radius 2 is 2.30 bits per heavy atom. The molecular formula is C6H14BNO2. The zero-order valence-electron chi connectivity index (χ0n) is 6.32. The fourth-order valence-corrected chi connectivity index (χ4v) is 1.32. The summed E-state index contributed by atoms with van der Waals surface area (Å²) in [6.07, 6.45) is 1.64. The lowest BCUT2D eigenvalue weighted by Gasteiger charge is -2.30. The van der Waals surface area contributed by atoms with E-state index in [1.165, 1.54) is 0 Å². The Bertz CT molecular complexity index is 110. The van der Waals surface area contributed by atoms with Gasteiger partial charge in [0.05, 0.1) is 6.10 Å². The van der Waals surface area contributed by atoms with Gasteiger partial charge in [0.15, 0.2) is 0 Å². The molecule has 1 saturated heterocycles. The predicted octanol–water partition coefficient (Wildman–Crippen LogP) is -0.447. The summed E-state index contributed by atoms with van der Waals surface area (Å²) in [7, 11) is -0.407. The predicted molar refractivity (Wildman–Crippen MR) is 40.7 cm³/mol. The lowest BCUT2D eigenvalue weighted by atomic mass is 9.82. The van der Waals surface area contributed by atoms with Crippen molar-refractivity contribution in [2.45, 2.75) is 25.8 Å². The van der Waals surface area contributed by atoms with Crippen LogP contribution in [0.5, 0.6) is 0 Å². The van der Waals surface area contributed by atoms with Crippen LogP contribution in [-0.4, -0.2) is 41.2 Å². The highest BCUT2D eigenvalue weighted by atomic mass is 16.3. The Balaban J connectivity index is 2.32. The molecule has 1 rings (SSSR count). The van der Waals surface area contributed by atoms with Gasteiger partial charge in [0, 0.05) is 6.54 Å². The molecule has 4 heteroatoms. The summed E-state index contributed by atoms with van der Waals surface area (Å²) < 4.78 is 0. The van der Waals surface area contributed by atoms with Gasteiger partial charge in [-0.1, -0.05) is 0 Å². The van der Waals surface area contributed by atoms with Gasteiger partial charge in [-0.3, -0.25) is 0 Å². The van der Waals surface area contributed by atoms with Crippen LogP contribution in [0.4, 0.5) is 0 Å². The van der Waals surface area contributed by atoms with Crippen molar-refractivity contribution in [3.63, 3.8) is 0 Å². The molecule has 1 atom stereocenters. The number of hydrogen-bond donors (Lipinski definition) is 2. The highest BCUT2D eigenvalue weighted by molar-refractivity contribution is 6.45. The number of piperidine rings is 1. The van der Waals surface area contributed by atoms with Crippen molar-refractivity contribution in [2.24, 2.45) is 0 Å². The largest absolute Gasteiger partial charge is 0.437 e. The first-order valence-corrected chi connectivity index (χ1v) is 3.80. The molecule has 3 nitrogen and oxygen atoms in total. The van der Waals surface area contributed by atoms with Crippen LogP contribution in [0.2, 0.25) is 6.82 Å². The zero-order valence-corrected chi connectivity index (χ0v) is 6.32. The fourth-order valence-electron chi connectivity index (χ4n) is 1.32. The molecule has 0 saturated carbocycles. The number of rotatable bonds is 1. The average Bonchev–Trinajstić information content (AvgIpc) is 1.88. The Hall–Kier alpha value is -0.0551. The van der Waals surface area contributed by atoms with Crippen molar-refractivity contribution in [2.75, 3.05) is 13.1 Å². The molecular weight excluding hydrogens is 129 g/mol. The Morgan fingerprint density at radius 3 is 2.70 bits per heavy atom. The highest BCUT2D eigenvalue weighted by Gasteiger charge is 2.22. The van der Waals surface area contributed by atoms with Crippen LogP contribution < -0.4 is 0 Å². The summed E-state index contributed by atoms with van der Waals surface area (Å²) in [6, 6.07) is 0. The summed E-state index contributed by atoms with van der Waals surface area (Å²) >= 11 is 0. The van der Waals surface area contributed by atoms with E-state index in [0.717, 1.165) is 19.4 Å². The van der Waals surface area contributed by atoms with Gasteiger partial charge in [-0.05, 0) is 26.2 Å². The number of β-amino-alcohol motifs (C(OH)–C–C–N with tert-alkyl or cyclic N) is 1. The number of aliphatic hydroxyl groups excluding tert-OH is 1. The molecule has 0 bridgehead atoms. The minimum Gasteiger partial charge on any atom is -0.437 e. The summed E-state index contributed by atoms with van der Waals surface area (Å²) in [5.41, 5.74) is 0. The van der Waals surface area contributed by atoms with Crippen molar-refractivity contribution in [3.8, 4) is 0 Å². The number of aliphatic hydroxyl groups is 1. The van der Waals surface area contributed by atoms with Gasteiger partial charge >= 0.3 is 7.05 Å². The van der Waals surface area contributed by atoms with Gasteiger partial charge in [-0.25, -0.2) is 0 Å². The molecule has 0 aliphatic carbocycles. The molecule has 0 radical (unpaired) electrons. The highest BCUT2D eigenvalue weighted by Crippen LogP contribution is 2.09. The van der Waals surface area contributed by atoms with E-state index < -0.39 is 7.05 Å². The van der Waals surface area contributed by atoms with Crippen molar-refractivity contribution in [3.05, 3.63) is 0 Å². The summed E-state index contributed by atoms with van der Waals surface area (Å²) in [4.78, 5) is 1.88. The van der Waals surface area contributed by atoms with E-state index in [4.69, 9.17) is 5.02 Å². The minimum atomic E-state index is -0.407. The van der Waals surface area contributed by atoms with Crippen LogP contribution in [-0.2, 0) is 0 Å². The van der Waals surface area contributed by atoms with E-state index in [9.17, 15) is 5.11 Å². The van der Waals surface area contributed by atoms with Gasteiger partial charge in [0.1, 0.15) is 0 Å². The number of hydrogen-bond acceptors (Lipinski definition) is 3. The fraction of sp³-hybridized carbons (Fsp3) is 1.00. The van der Waals surface area contributed by atoms with E-state index in [0.29, 0.717) is 6.54 Å². The molecule has 58 valence electrons. The molecule has 1 aliphatic heterocycles. The lowest BCUT2D eigenvalue weighted by Crippen LogP contribution is -2.46. The van der Waals surface area contributed by atoms with Gasteiger partial charge in [0.2, 0.25) is 0 Å². The van der Waals surface area contributed by atoms with Crippen LogP contribution >= 0.6 is 0 Å². The second kappa shape index (κ2) is 3.37. The van der Waals surface area contributed by atoms with E-state index in [1.807, 2.05) is 4.81 Å². The van der Waals surface area contributed by atoms with Gasteiger partial charge < -0.3 is 14.9 Å². The molecule has 2 N–H and O–H groups in total. The maximum Gasteiger partial charge on any atom is 0.376 e. The molecule has 0 aromatic rings. The smallest absolute Gasteiger partial charge is 0.376 e. The van der Waals surface area contributed by atoms with Crippen LogP contribution in [0.25, 0.3) is 0 Å².